The molecule has 0 radical (unpaired) electrons. The molecule has 0 heterocycles. The molecule has 0 fully saturated rings. The van der Waals surface area contributed by atoms with Gasteiger partial charge >= 0.3 is 0 Å². The standard InChI is InChI=1S/C7H17NO3S/c1-3-11-7-5-6-8-12(9,10)4-2/h8H,3-7H2,1-2H3. The number of rotatable bonds is 7. The van der Waals surface area contributed by atoms with Crippen LogP contribution in [0.25, 0.3) is 0 Å². The lowest BCUT2D eigenvalue weighted by Crippen LogP contribution is -2.26. The molecule has 12 heavy (non-hydrogen) atoms. The molecular weight excluding hydrogens is 178 g/mol. The Morgan fingerprint density at radius 1 is 1.33 bits per heavy atom. The maximum absolute atomic E-state index is 10.9. The Morgan fingerprint density at radius 2 is 2.00 bits per heavy atom. The van der Waals surface area contributed by atoms with Crippen LogP contribution in [0.3, 0.4) is 0 Å². The minimum absolute atomic E-state index is 0.141. The second-order valence-corrected chi connectivity index (χ2v) is 4.44. The zero-order valence-electron chi connectivity index (χ0n) is 7.67. The summed E-state index contributed by atoms with van der Waals surface area (Å²) in [7, 11) is -3.01. The highest BCUT2D eigenvalue weighted by atomic mass is 32.2. The van der Waals surface area contributed by atoms with Gasteiger partial charge in [0.1, 0.15) is 0 Å². The van der Waals surface area contributed by atoms with Gasteiger partial charge in [-0.15, -0.1) is 0 Å². The molecule has 0 saturated carbocycles. The first kappa shape index (κ1) is 11.9. The minimum atomic E-state index is -3.01. The molecule has 0 spiro atoms. The van der Waals surface area contributed by atoms with Gasteiger partial charge in [0.05, 0.1) is 5.75 Å². The lowest BCUT2D eigenvalue weighted by Gasteiger charge is -2.03. The molecule has 0 aliphatic heterocycles. The van der Waals surface area contributed by atoms with Gasteiger partial charge in [-0.25, -0.2) is 13.1 Å². The number of hydrogen-bond acceptors (Lipinski definition) is 3. The number of hydrogen-bond donors (Lipinski definition) is 1. The third kappa shape index (κ3) is 6.57. The van der Waals surface area contributed by atoms with Crippen LogP contribution < -0.4 is 4.72 Å². The molecule has 0 saturated heterocycles. The summed E-state index contributed by atoms with van der Waals surface area (Å²) < 4.78 is 29.3. The molecule has 0 aliphatic rings. The van der Waals surface area contributed by atoms with Gasteiger partial charge in [0, 0.05) is 19.8 Å². The summed E-state index contributed by atoms with van der Waals surface area (Å²) in [5.41, 5.74) is 0. The molecule has 1 N–H and O–H groups in total. The van der Waals surface area contributed by atoms with Crippen LogP contribution in [0, 0.1) is 0 Å². The second kappa shape index (κ2) is 6.39. The Kier molecular flexibility index (Phi) is 6.32. The third-order valence-corrected chi connectivity index (χ3v) is 2.78. The van der Waals surface area contributed by atoms with E-state index in [1.54, 1.807) is 6.92 Å². The van der Waals surface area contributed by atoms with Crippen molar-refractivity contribution in [2.45, 2.75) is 20.3 Å². The largest absolute Gasteiger partial charge is 0.382 e. The van der Waals surface area contributed by atoms with E-state index >= 15 is 0 Å². The lowest BCUT2D eigenvalue weighted by atomic mass is 10.5. The maximum Gasteiger partial charge on any atom is 0.211 e. The van der Waals surface area contributed by atoms with Gasteiger partial charge < -0.3 is 4.74 Å². The number of ether oxygens (including phenoxy) is 1. The fraction of sp³-hybridized carbons (Fsp3) is 1.00. The van der Waals surface area contributed by atoms with Crippen LogP contribution in [0.5, 0.6) is 0 Å². The first-order chi connectivity index (χ1) is 5.62. The molecule has 0 atom stereocenters. The van der Waals surface area contributed by atoms with Gasteiger partial charge in [0.2, 0.25) is 10.0 Å². The molecule has 0 bridgehead atoms. The molecule has 0 amide bonds. The average Bonchev–Trinajstić information content (AvgIpc) is 2.04. The van der Waals surface area contributed by atoms with Gasteiger partial charge in [0.15, 0.2) is 0 Å². The van der Waals surface area contributed by atoms with Crippen LogP contribution >= 0.6 is 0 Å². The van der Waals surface area contributed by atoms with Crippen molar-refractivity contribution in [3.63, 3.8) is 0 Å². The summed E-state index contributed by atoms with van der Waals surface area (Å²) in [5, 5.41) is 0. The molecular formula is C7H17NO3S. The van der Waals surface area contributed by atoms with E-state index in [1.807, 2.05) is 6.92 Å². The fourth-order valence-electron chi connectivity index (χ4n) is 0.648. The van der Waals surface area contributed by atoms with Crippen molar-refractivity contribution in [1.29, 1.82) is 0 Å². The van der Waals surface area contributed by atoms with E-state index in [2.05, 4.69) is 4.72 Å². The maximum atomic E-state index is 10.9. The Hall–Kier alpha value is -0.130. The minimum Gasteiger partial charge on any atom is -0.382 e. The Bertz CT molecular complexity index is 189. The van der Waals surface area contributed by atoms with E-state index in [-0.39, 0.29) is 5.75 Å². The van der Waals surface area contributed by atoms with E-state index in [0.717, 1.165) is 6.42 Å². The zero-order valence-corrected chi connectivity index (χ0v) is 8.49. The lowest BCUT2D eigenvalue weighted by molar-refractivity contribution is 0.146. The molecule has 0 aromatic carbocycles. The van der Waals surface area contributed by atoms with Crippen LogP contribution in [0.2, 0.25) is 0 Å². The van der Waals surface area contributed by atoms with Crippen LogP contribution in [0.15, 0.2) is 0 Å². The summed E-state index contributed by atoms with van der Waals surface area (Å²) in [6, 6.07) is 0. The first-order valence-corrected chi connectivity index (χ1v) is 5.82. The normalized spacial score (nSPS) is 11.8. The van der Waals surface area contributed by atoms with Crippen LogP contribution in [0.1, 0.15) is 20.3 Å². The van der Waals surface area contributed by atoms with Crippen LogP contribution in [-0.4, -0.2) is 33.9 Å². The summed E-state index contributed by atoms with van der Waals surface area (Å²) in [6.07, 6.45) is 0.729. The molecule has 0 rings (SSSR count). The first-order valence-electron chi connectivity index (χ1n) is 4.17. The van der Waals surface area contributed by atoms with Crippen molar-refractivity contribution in [2.75, 3.05) is 25.5 Å². The average molecular weight is 195 g/mol. The van der Waals surface area contributed by atoms with Crippen molar-refractivity contribution in [1.82, 2.24) is 4.72 Å². The predicted octanol–water partition coefficient (Wildman–Crippen LogP) is 0.352. The quantitative estimate of drug-likeness (QED) is 0.596. The van der Waals surface area contributed by atoms with Gasteiger partial charge in [-0.05, 0) is 20.3 Å². The van der Waals surface area contributed by atoms with Gasteiger partial charge in [-0.1, -0.05) is 0 Å². The third-order valence-electron chi connectivity index (χ3n) is 1.37. The smallest absolute Gasteiger partial charge is 0.211 e. The van der Waals surface area contributed by atoms with Crippen LogP contribution in [-0.2, 0) is 14.8 Å². The predicted molar refractivity (Wildman–Crippen MR) is 48.6 cm³/mol. The molecule has 0 aliphatic carbocycles. The van der Waals surface area contributed by atoms with E-state index in [4.69, 9.17) is 4.74 Å². The molecule has 5 heteroatoms. The van der Waals surface area contributed by atoms with Gasteiger partial charge in [0.25, 0.3) is 0 Å². The molecule has 74 valence electrons. The van der Waals surface area contributed by atoms with E-state index in [9.17, 15) is 8.42 Å². The SMILES string of the molecule is CCOCCCNS(=O)(=O)CC. The summed E-state index contributed by atoms with van der Waals surface area (Å²) in [4.78, 5) is 0. The Morgan fingerprint density at radius 3 is 2.50 bits per heavy atom. The van der Waals surface area contributed by atoms with E-state index in [1.165, 1.54) is 0 Å². The molecule has 0 aromatic heterocycles. The number of sulfonamides is 1. The topological polar surface area (TPSA) is 55.4 Å². The molecule has 0 unspecified atom stereocenters. The highest BCUT2D eigenvalue weighted by Gasteiger charge is 2.03. The highest BCUT2D eigenvalue weighted by molar-refractivity contribution is 7.89. The summed E-state index contributed by atoms with van der Waals surface area (Å²) >= 11 is 0. The van der Waals surface area contributed by atoms with Gasteiger partial charge in [-0.2, -0.15) is 0 Å². The van der Waals surface area contributed by atoms with Crippen molar-refractivity contribution in [2.24, 2.45) is 0 Å². The highest BCUT2D eigenvalue weighted by Crippen LogP contribution is 1.85. The van der Waals surface area contributed by atoms with E-state index in [0.29, 0.717) is 19.8 Å². The van der Waals surface area contributed by atoms with Crippen molar-refractivity contribution < 1.29 is 13.2 Å². The van der Waals surface area contributed by atoms with Crippen molar-refractivity contribution >= 4 is 10.0 Å². The summed E-state index contributed by atoms with van der Waals surface area (Å²) in [5.74, 6) is 0.141. The Labute approximate surface area is 74.4 Å². The number of nitrogens with one attached hydrogen (secondary N) is 1. The monoisotopic (exact) mass is 195 g/mol. The summed E-state index contributed by atoms with van der Waals surface area (Å²) in [6.45, 7) is 5.29. The van der Waals surface area contributed by atoms with E-state index < -0.39 is 10.0 Å². The molecule has 0 aromatic rings. The Balaban J connectivity index is 3.32. The van der Waals surface area contributed by atoms with Crippen molar-refractivity contribution in [3.8, 4) is 0 Å². The zero-order chi connectivity index (χ0) is 9.45. The fourth-order valence-corrected chi connectivity index (χ4v) is 1.31. The van der Waals surface area contributed by atoms with Crippen molar-refractivity contribution in [3.05, 3.63) is 0 Å². The van der Waals surface area contributed by atoms with Gasteiger partial charge in [-0.3, -0.25) is 0 Å². The second-order valence-electron chi connectivity index (χ2n) is 2.35. The van der Waals surface area contributed by atoms with Crippen LogP contribution in [0.4, 0.5) is 0 Å². The molecule has 4 nitrogen and oxygen atoms in total.